The number of pyridine rings is 1. The number of halogens is 2. The van der Waals surface area contributed by atoms with Crippen molar-refractivity contribution in [1.29, 1.82) is 0 Å². The zero-order valence-corrected chi connectivity index (χ0v) is 14.1. The van der Waals surface area contributed by atoms with Gasteiger partial charge in [-0.3, -0.25) is 4.98 Å². The number of aryl methyl sites for hydroxylation is 1. The zero-order valence-electron chi connectivity index (χ0n) is 11.0. The number of anilines is 1. The van der Waals surface area contributed by atoms with Gasteiger partial charge in [0, 0.05) is 15.1 Å². The molecular weight excluding hydrogens is 400 g/mol. The number of nitrogen functional groups attached to an aromatic ring is 1. The molecule has 0 amide bonds. The van der Waals surface area contributed by atoms with Gasteiger partial charge < -0.3 is 10.3 Å². The van der Waals surface area contributed by atoms with Gasteiger partial charge in [0.1, 0.15) is 5.69 Å². The van der Waals surface area contributed by atoms with E-state index in [0.29, 0.717) is 28.7 Å². The Kier molecular flexibility index (Phi) is 3.77. The fourth-order valence-electron chi connectivity index (χ4n) is 1.91. The molecule has 0 unspecified atom stereocenters. The van der Waals surface area contributed by atoms with Crippen LogP contribution in [0.4, 0.5) is 5.69 Å². The lowest BCUT2D eigenvalue weighted by molar-refractivity contribution is 0.432. The van der Waals surface area contributed by atoms with Crippen LogP contribution in [0, 0.1) is 6.92 Å². The van der Waals surface area contributed by atoms with Crippen LogP contribution >= 0.6 is 31.9 Å². The molecule has 0 aliphatic carbocycles. The highest BCUT2D eigenvalue weighted by Gasteiger charge is 2.17. The Hall–Kier alpha value is -1.73. The summed E-state index contributed by atoms with van der Waals surface area (Å²) in [6.45, 7) is 1.95. The maximum absolute atomic E-state index is 6.05. The van der Waals surface area contributed by atoms with Crippen molar-refractivity contribution in [1.82, 2.24) is 15.1 Å². The van der Waals surface area contributed by atoms with Crippen LogP contribution in [0.5, 0.6) is 0 Å². The molecular formula is C14H10Br2N4O. The molecule has 106 valence electrons. The first kappa shape index (κ1) is 14.2. The normalized spacial score (nSPS) is 10.8. The molecule has 0 atom stereocenters. The average molecular weight is 410 g/mol. The first-order valence-electron chi connectivity index (χ1n) is 6.07. The maximum Gasteiger partial charge on any atom is 0.260 e. The Morgan fingerprint density at radius 3 is 2.81 bits per heavy atom. The van der Waals surface area contributed by atoms with Crippen LogP contribution in [0.15, 0.2) is 43.9 Å². The van der Waals surface area contributed by atoms with Crippen molar-refractivity contribution in [2.24, 2.45) is 0 Å². The number of benzene rings is 1. The van der Waals surface area contributed by atoms with E-state index in [4.69, 9.17) is 10.3 Å². The Labute approximate surface area is 137 Å². The van der Waals surface area contributed by atoms with Crippen LogP contribution in [-0.4, -0.2) is 15.1 Å². The lowest BCUT2D eigenvalue weighted by Crippen LogP contribution is -1.93. The van der Waals surface area contributed by atoms with Crippen molar-refractivity contribution in [2.75, 3.05) is 5.73 Å². The summed E-state index contributed by atoms with van der Waals surface area (Å²) in [4.78, 5) is 8.67. The van der Waals surface area contributed by atoms with E-state index in [1.54, 1.807) is 6.20 Å². The van der Waals surface area contributed by atoms with E-state index < -0.39 is 0 Å². The first-order chi connectivity index (χ1) is 10.1. The van der Waals surface area contributed by atoms with Gasteiger partial charge in [-0.25, -0.2) is 0 Å². The lowest BCUT2D eigenvalue weighted by Gasteiger charge is -2.04. The molecule has 2 aromatic heterocycles. The lowest BCUT2D eigenvalue weighted by atomic mass is 10.2. The molecule has 0 radical (unpaired) electrons. The van der Waals surface area contributed by atoms with E-state index in [-0.39, 0.29) is 0 Å². The molecule has 0 aliphatic rings. The molecule has 3 rings (SSSR count). The van der Waals surface area contributed by atoms with Gasteiger partial charge in [-0.05, 0) is 46.6 Å². The summed E-state index contributed by atoms with van der Waals surface area (Å²) < 4.78 is 6.96. The smallest absolute Gasteiger partial charge is 0.260 e. The summed E-state index contributed by atoms with van der Waals surface area (Å²) in [7, 11) is 0. The van der Waals surface area contributed by atoms with Gasteiger partial charge in [-0.15, -0.1) is 0 Å². The molecule has 5 nitrogen and oxygen atoms in total. The highest BCUT2D eigenvalue weighted by Crippen LogP contribution is 2.35. The van der Waals surface area contributed by atoms with Gasteiger partial charge in [-0.1, -0.05) is 27.2 Å². The second-order valence-electron chi connectivity index (χ2n) is 4.44. The van der Waals surface area contributed by atoms with Crippen molar-refractivity contribution in [3.63, 3.8) is 0 Å². The van der Waals surface area contributed by atoms with Crippen LogP contribution < -0.4 is 5.73 Å². The number of hydrogen-bond donors (Lipinski definition) is 1. The minimum absolute atomic E-state index is 0.356. The van der Waals surface area contributed by atoms with Crippen LogP contribution in [0.3, 0.4) is 0 Å². The third kappa shape index (κ3) is 2.71. The summed E-state index contributed by atoms with van der Waals surface area (Å²) >= 11 is 6.82. The Bertz CT molecular complexity index is 816. The molecule has 7 heteroatoms. The average Bonchev–Trinajstić information content (AvgIpc) is 2.92. The van der Waals surface area contributed by atoms with Gasteiger partial charge in [-0.2, -0.15) is 4.98 Å². The molecule has 2 N–H and O–H groups in total. The predicted molar refractivity (Wildman–Crippen MR) is 87.5 cm³/mol. The van der Waals surface area contributed by atoms with Crippen molar-refractivity contribution >= 4 is 37.5 Å². The largest absolute Gasteiger partial charge is 0.397 e. The quantitative estimate of drug-likeness (QED) is 0.641. The number of rotatable bonds is 2. The number of hydrogen-bond acceptors (Lipinski definition) is 5. The molecule has 1 aromatic carbocycles. The molecule has 0 saturated carbocycles. The Morgan fingerprint density at radius 1 is 1.24 bits per heavy atom. The second kappa shape index (κ2) is 5.57. The molecule has 21 heavy (non-hydrogen) atoms. The van der Waals surface area contributed by atoms with Crippen LogP contribution in [0.25, 0.3) is 23.0 Å². The van der Waals surface area contributed by atoms with Crippen LogP contribution in [0.2, 0.25) is 0 Å². The van der Waals surface area contributed by atoms with E-state index in [1.165, 1.54) is 0 Å². The van der Waals surface area contributed by atoms with Crippen LogP contribution in [-0.2, 0) is 0 Å². The summed E-state index contributed by atoms with van der Waals surface area (Å²) in [5, 5.41) is 3.99. The Balaban J connectivity index is 2.09. The van der Waals surface area contributed by atoms with Crippen molar-refractivity contribution in [2.45, 2.75) is 6.92 Å². The highest BCUT2D eigenvalue weighted by molar-refractivity contribution is 9.11. The van der Waals surface area contributed by atoms with Crippen molar-refractivity contribution in [3.05, 3.63) is 45.0 Å². The fraction of sp³-hybridized carbons (Fsp3) is 0.0714. The second-order valence-corrected chi connectivity index (χ2v) is 6.21. The SMILES string of the molecule is Cc1cccnc1-c1noc(-c2cc(Br)cc(Br)c2N)n1. The summed E-state index contributed by atoms with van der Waals surface area (Å²) in [5.41, 5.74) is 8.94. The summed E-state index contributed by atoms with van der Waals surface area (Å²) in [6.07, 6.45) is 1.70. The van der Waals surface area contributed by atoms with Crippen molar-refractivity contribution < 1.29 is 4.52 Å². The van der Waals surface area contributed by atoms with Crippen LogP contribution in [0.1, 0.15) is 5.56 Å². The fourth-order valence-corrected chi connectivity index (χ4v) is 3.14. The number of aromatic nitrogens is 3. The molecule has 0 saturated heterocycles. The minimum atomic E-state index is 0.356. The van der Waals surface area contributed by atoms with Gasteiger partial charge in [0.15, 0.2) is 0 Å². The van der Waals surface area contributed by atoms with E-state index in [1.807, 2.05) is 31.2 Å². The van der Waals surface area contributed by atoms with E-state index in [2.05, 4.69) is 47.0 Å². The monoisotopic (exact) mass is 408 g/mol. The summed E-state index contributed by atoms with van der Waals surface area (Å²) in [5.74, 6) is 0.799. The van der Waals surface area contributed by atoms with E-state index in [0.717, 1.165) is 14.5 Å². The number of nitrogens with zero attached hydrogens (tertiary/aromatic N) is 3. The molecule has 0 bridgehead atoms. The van der Waals surface area contributed by atoms with Gasteiger partial charge >= 0.3 is 0 Å². The predicted octanol–water partition coefficient (Wildman–Crippen LogP) is 4.21. The standard InChI is InChI=1S/C14H10Br2N4O/c1-7-3-2-4-18-12(7)13-19-14(21-20-13)9-5-8(15)6-10(16)11(9)17/h2-6H,17H2,1H3. The number of nitrogens with two attached hydrogens (primary N) is 1. The van der Waals surface area contributed by atoms with Gasteiger partial charge in [0.25, 0.3) is 5.89 Å². The zero-order chi connectivity index (χ0) is 15.0. The van der Waals surface area contributed by atoms with E-state index in [9.17, 15) is 0 Å². The minimum Gasteiger partial charge on any atom is -0.397 e. The van der Waals surface area contributed by atoms with Crippen molar-refractivity contribution in [3.8, 4) is 23.0 Å². The molecule has 0 aliphatic heterocycles. The van der Waals surface area contributed by atoms with Gasteiger partial charge in [0.05, 0.1) is 11.3 Å². The third-order valence-corrected chi connectivity index (χ3v) is 4.09. The third-order valence-electron chi connectivity index (χ3n) is 2.97. The molecule has 0 spiro atoms. The molecule has 3 aromatic rings. The first-order valence-corrected chi connectivity index (χ1v) is 7.65. The maximum atomic E-state index is 6.05. The van der Waals surface area contributed by atoms with Gasteiger partial charge in [0.2, 0.25) is 5.82 Å². The highest BCUT2D eigenvalue weighted by atomic mass is 79.9. The molecule has 2 heterocycles. The molecule has 0 fully saturated rings. The Morgan fingerprint density at radius 2 is 2.05 bits per heavy atom. The topological polar surface area (TPSA) is 77.8 Å². The van der Waals surface area contributed by atoms with E-state index >= 15 is 0 Å². The summed E-state index contributed by atoms with van der Waals surface area (Å²) in [6, 6.07) is 7.51.